The number of hydrogen-bond donors (Lipinski definition) is 1. The van der Waals surface area contributed by atoms with Crippen molar-refractivity contribution < 1.29 is 4.39 Å². The van der Waals surface area contributed by atoms with Crippen LogP contribution in [0.15, 0.2) is 18.9 Å². The van der Waals surface area contributed by atoms with Crippen molar-refractivity contribution in [3.8, 4) is 0 Å². The van der Waals surface area contributed by atoms with Crippen LogP contribution in [0.5, 0.6) is 0 Å². The first kappa shape index (κ1) is 16.0. The number of rotatable bonds is 4. The van der Waals surface area contributed by atoms with Gasteiger partial charge in [-0.2, -0.15) is 10.1 Å². The van der Waals surface area contributed by atoms with Crippen LogP contribution >= 0.6 is 0 Å². The zero-order valence-corrected chi connectivity index (χ0v) is 15.2. The number of aromatic nitrogens is 5. The van der Waals surface area contributed by atoms with E-state index in [1.165, 1.54) is 25.5 Å². The molecule has 0 aliphatic heterocycles. The topological polar surface area (TPSA) is 71.8 Å². The van der Waals surface area contributed by atoms with Gasteiger partial charge in [-0.05, 0) is 50.4 Å². The van der Waals surface area contributed by atoms with Crippen LogP contribution in [-0.4, -0.2) is 44.4 Å². The van der Waals surface area contributed by atoms with Crippen LogP contribution in [0.4, 0.5) is 16.2 Å². The molecule has 0 aromatic carbocycles. The summed E-state index contributed by atoms with van der Waals surface area (Å²) in [7, 11) is 3.58. The van der Waals surface area contributed by atoms with E-state index < -0.39 is 5.82 Å². The van der Waals surface area contributed by atoms with Crippen molar-refractivity contribution in [1.29, 1.82) is 0 Å². The van der Waals surface area contributed by atoms with Crippen molar-refractivity contribution >= 4 is 11.8 Å². The van der Waals surface area contributed by atoms with Crippen LogP contribution < -0.4 is 10.2 Å². The number of nitrogens with one attached hydrogen (secondary N) is 1. The van der Waals surface area contributed by atoms with Crippen LogP contribution in [-0.2, 0) is 5.54 Å². The van der Waals surface area contributed by atoms with Crippen molar-refractivity contribution in [3.63, 3.8) is 0 Å². The molecular weight excluding hydrogens is 333 g/mol. The Balaban J connectivity index is 1.49. The molecule has 2 unspecified atom stereocenters. The second kappa shape index (κ2) is 5.37. The van der Waals surface area contributed by atoms with E-state index in [9.17, 15) is 4.39 Å². The fourth-order valence-electron chi connectivity index (χ4n) is 6.05. The highest BCUT2D eigenvalue weighted by Gasteiger charge is 2.59. The third-order valence-corrected chi connectivity index (χ3v) is 6.46. The molecule has 7 nitrogen and oxygen atoms in total. The van der Waals surface area contributed by atoms with Gasteiger partial charge >= 0.3 is 0 Å². The van der Waals surface area contributed by atoms with E-state index in [4.69, 9.17) is 0 Å². The Labute approximate surface area is 152 Å². The van der Waals surface area contributed by atoms with Gasteiger partial charge in [0.2, 0.25) is 5.95 Å². The lowest BCUT2D eigenvalue weighted by Crippen LogP contribution is -2.62. The third kappa shape index (κ3) is 2.38. The smallest absolute Gasteiger partial charge is 0.225 e. The lowest BCUT2D eigenvalue weighted by atomic mass is 9.50. The highest BCUT2D eigenvalue weighted by Crippen LogP contribution is 2.60. The maximum absolute atomic E-state index is 14.0. The standard InChI is InChI=1S/C18H24FN7/c1-25(2)15-14(19)8-21-16(23-15)24-17-4-12-3-13(5-17)7-18(6-12,9-17)26-11-20-10-22-26/h8,10-13H,3-7,9H2,1-2H3,(H,21,23,24). The first-order valence-electron chi connectivity index (χ1n) is 9.30. The van der Waals surface area contributed by atoms with Crippen molar-refractivity contribution in [3.05, 3.63) is 24.7 Å². The van der Waals surface area contributed by atoms with Gasteiger partial charge in [-0.3, -0.25) is 0 Å². The van der Waals surface area contributed by atoms with Crippen molar-refractivity contribution in [2.24, 2.45) is 11.8 Å². The summed E-state index contributed by atoms with van der Waals surface area (Å²) in [6.45, 7) is 0. The number of anilines is 2. The summed E-state index contributed by atoms with van der Waals surface area (Å²) in [6.07, 6.45) is 11.6. The van der Waals surface area contributed by atoms with Crippen LogP contribution in [0.3, 0.4) is 0 Å². The monoisotopic (exact) mass is 357 g/mol. The van der Waals surface area contributed by atoms with Gasteiger partial charge < -0.3 is 10.2 Å². The van der Waals surface area contributed by atoms with E-state index >= 15 is 0 Å². The average molecular weight is 357 g/mol. The van der Waals surface area contributed by atoms with Gasteiger partial charge in [0.1, 0.15) is 12.7 Å². The summed E-state index contributed by atoms with van der Waals surface area (Å²) in [5.74, 6) is 1.80. The molecule has 4 aliphatic rings. The fraction of sp³-hybridized carbons (Fsp3) is 0.667. The summed E-state index contributed by atoms with van der Waals surface area (Å²) < 4.78 is 16.0. The minimum Gasteiger partial charge on any atom is -0.360 e. The van der Waals surface area contributed by atoms with Gasteiger partial charge in [-0.15, -0.1) is 0 Å². The average Bonchev–Trinajstić information content (AvgIpc) is 3.10. The molecule has 0 radical (unpaired) electrons. The Bertz CT molecular complexity index is 805. The summed E-state index contributed by atoms with van der Waals surface area (Å²) in [6, 6.07) is 0. The van der Waals surface area contributed by atoms with E-state index in [-0.39, 0.29) is 11.1 Å². The minimum atomic E-state index is -0.398. The molecule has 0 amide bonds. The Hall–Kier alpha value is -2.25. The molecule has 2 heterocycles. The van der Waals surface area contributed by atoms with E-state index in [0.29, 0.717) is 23.6 Å². The molecule has 2 aromatic heterocycles. The molecule has 4 aliphatic carbocycles. The summed E-state index contributed by atoms with van der Waals surface area (Å²) >= 11 is 0. The van der Waals surface area contributed by atoms with Crippen molar-refractivity contribution in [1.82, 2.24) is 24.7 Å². The van der Waals surface area contributed by atoms with Gasteiger partial charge in [0.15, 0.2) is 11.6 Å². The highest BCUT2D eigenvalue weighted by molar-refractivity contribution is 5.44. The van der Waals surface area contributed by atoms with E-state index in [0.717, 1.165) is 19.3 Å². The molecule has 6 rings (SSSR count). The predicted molar refractivity (Wildman–Crippen MR) is 95.3 cm³/mol. The quantitative estimate of drug-likeness (QED) is 0.906. The Morgan fingerprint density at radius 2 is 2.00 bits per heavy atom. The molecule has 8 heteroatoms. The van der Waals surface area contributed by atoms with Crippen molar-refractivity contribution in [2.75, 3.05) is 24.3 Å². The molecule has 138 valence electrons. The van der Waals surface area contributed by atoms with Crippen LogP contribution in [0, 0.1) is 17.7 Å². The first-order chi connectivity index (χ1) is 12.5. The SMILES string of the molecule is CN(C)c1nc(NC23CC4CC(C2)CC(n2cncn2)(C4)C3)ncc1F. The zero-order valence-electron chi connectivity index (χ0n) is 15.2. The molecule has 4 saturated carbocycles. The van der Waals surface area contributed by atoms with Crippen LogP contribution in [0.25, 0.3) is 0 Å². The molecular formula is C18H24FN7. The van der Waals surface area contributed by atoms with Gasteiger partial charge in [0.05, 0.1) is 11.7 Å². The molecule has 2 aromatic rings. The Morgan fingerprint density at radius 1 is 1.23 bits per heavy atom. The number of nitrogens with zero attached hydrogens (tertiary/aromatic N) is 6. The molecule has 4 fully saturated rings. The zero-order chi connectivity index (χ0) is 17.9. The van der Waals surface area contributed by atoms with Gasteiger partial charge in [-0.25, -0.2) is 19.0 Å². The summed E-state index contributed by atoms with van der Waals surface area (Å²) in [5.41, 5.74) is -0.00453. The van der Waals surface area contributed by atoms with Gasteiger partial charge in [-0.1, -0.05) is 0 Å². The van der Waals surface area contributed by atoms with E-state index in [1.807, 2.05) is 6.33 Å². The highest BCUT2D eigenvalue weighted by atomic mass is 19.1. The van der Waals surface area contributed by atoms with Crippen LogP contribution in [0.2, 0.25) is 0 Å². The third-order valence-electron chi connectivity index (χ3n) is 6.46. The fourth-order valence-corrected chi connectivity index (χ4v) is 6.05. The Morgan fingerprint density at radius 3 is 2.65 bits per heavy atom. The van der Waals surface area contributed by atoms with E-state index in [1.54, 1.807) is 25.3 Å². The normalized spacial score (nSPS) is 34.9. The second-order valence-electron chi connectivity index (χ2n) is 8.69. The molecule has 0 spiro atoms. The lowest BCUT2D eigenvalue weighted by molar-refractivity contribution is -0.0560. The van der Waals surface area contributed by atoms with Crippen LogP contribution in [0.1, 0.15) is 38.5 Å². The largest absolute Gasteiger partial charge is 0.360 e. The molecule has 4 bridgehead atoms. The lowest BCUT2D eigenvalue weighted by Gasteiger charge is -2.61. The second-order valence-corrected chi connectivity index (χ2v) is 8.69. The molecule has 1 N–H and O–H groups in total. The van der Waals surface area contributed by atoms with E-state index in [2.05, 4.69) is 30.0 Å². The summed E-state index contributed by atoms with van der Waals surface area (Å²) in [5, 5.41) is 8.10. The molecule has 2 atom stereocenters. The number of hydrogen-bond acceptors (Lipinski definition) is 6. The molecule has 26 heavy (non-hydrogen) atoms. The van der Waals surface area contributed by atoms with Gasteiger partial charge in [0.25, 0.3) is 0 Å². The van der Waals surface area contributed by atoms with Gasteiger partial charge in [0, 0.05) is 19.6 Å². The minimum absolute atomic E-state index is 0.0397. The van der Waals surface area contributed by atoms with Crippen molar-refractivity contribution in [2.45, 2.75) is 49.6 Å². The summed E-state index contributed by atoms with van der Waals surface area (Å²) in [4.78, 5) is 14.5. The first-order valence-corrected chi connectivity index (χ1v) is 9.30. The Kier molecular flexibility index (Phi) is 3.30. The maximum atomic E-state index is 14.0. The predicted octanol–water partition coefficient (Wildman–Crippen LogP) is 2.43. The maximum Gasteiger partial charge on any atom is 0.225 e. The number of halogens is 1. The molecule has 0 saturated heterocycles.